The Morgan fingerprint density at radius 3 is 3.10 bits per heavy atom. The molecule has 0 N–H and O–H groups in total. The molecule has 2 fully saturated rings. The number of amides is 1. The zero-order chi connectivity index (χ0) is 14.7. The smallest absolute Gasteiger partial charge is 0.222 e. The molecule has 5 heteroatoms. The van der Waals surface area contributed by atoms with Crippen molar-refractivity contribution in [3.8, 4) is 5.88 Å². The molecule has 114 valence electrons. The maximum atomic E-state index is 11.9. The molecule has 0 aromatic carbocycles. The van der Waals surface area contributed by atoms with E-state index < -0.39 is 0 Å². The molecule has 1 amide bonds. The number of ether oxygens (including phenoxy) is 2. The Hall–Kier alpha value is -1.62. The standard InChI is InChI=1S/C16H22N2O3/c1-2-5-15(19)18-11-16(12-18)10-13(7-9-20-16)21-14-6-3-4-8-17-14/h3-4,6,8,13H,2,5,7,9-12H2,1H3/t13-/m1/s1. The van der Waals surface area contributed by atoms with E-state index in [1.54, 1.807) is 6.20 Å². The summed E-state index contributed by atoms with van der Waals surface area (Å²) >= 11 is 0. The molecule has 1 aromatic rings. The lowest BCUT2D eigenvalue weighted by molar-refractivity contribution is -0.193. The molecule has 1 atom stereocenters. The first-order valence-electron chi connectivity index (χ1n) is 7.70. The van der Waals surface area contributed by atoms with Gasteiger partial charge in [0.2, 0.25) is 11.8 Å². The lowest BCUT2D eigenvalue weighted by Gasteiger charge is -2.52. The highest BCUT2D eigenvalue weighted by Crippen LogP contribution is 2.35. The van der Waals surface area contributed by atoms with Gasteiger partial charge in [0.1, 0.15) is 11.7 Å². The van der Waals surface area contributed by atoms with Crippen LogP contribution in [0.25, 0.3) is 0 Å². The van der Waals surface area contributed by atoms with Crippen molar-refractivity contribution in [2.75, 3.05) is 19.7 Å². The second kappa shape index (κ2) is 6.02. The largest absolute Gasteiger partial charge is 0.474 e. The predicted octanol–water partition coefficient (Wildman–Crippen LogP) is 2.02. The highest BCUT2D eigenvalue weighted by molar-refractivity contribution is 5.77. The zero-order valence-electron chi connectivity index (χ0n) is 12.5. The monoisotopic (exact) mass is 290 g/mol. The Morgan fingerprint density at radius 2 is 2.38 bits per heavy atom. The SMILES string of the molecule is CCCC(=O)N1CC2(C[C@H](Oc3ccccn3)CCO2)C1. The van der Waals surface area contributed by atoms with Gasteiger partial charge in [0.05, 0.1) is 19.7 Å². The Morgan fingerprint density at radius 1 is 1.52 bits per heavy atom. The molecule has 3 heterocycles. The van der Waals surface area contributed by atoms with Gasteiger partial charge in [-0.1, -0.05) is 13.0 Å². The molecule has 0 bridgehead atoms. The molecule has 0 unspecified atom stereocenters. The lowest BCUT2D eigenvalue weighted by Crippen LogP contribution is -2.67. The van der Waals surface area contributed by atoms with Gasteiger partial charge in [-0.15, -0.1) is 0 Å². The van der Waals surface area contributed by atoms with Crippen molar-refractivity contribution >= 4 is 5.91 Å². The third-order valence-corrected chi connectivity index (χ3v) is 4.15. The van der Waals surface area contributed by atoms with Crippen LogP contribution < -0.4 is 4.74 Å². The summed E-state index contributed by atoms with van der Waals surface area (Å²) < 4.78 is 11.9. The molecular formula is C16H22N2O3. The van der Waals surface area contributed by atoms with Gasteiger partial charge in [0.25, 0.3) is 0 Å². The minimum absolute atomic E-state index is 0.122. The number of hydrogen-bond acceptors (Lipinski definition) is 4. The fraction of sp³-hybridized carbons (Fsp3) is 0.625. The molecule has 2 aliphatic rings. The number of nitrogens with zero attached hydrogens (tertiary/aromatic N) is 2. The first-order valence-corrected chi connectivity index (χ1v) is 7.70. The summed E-state index contributed by atoms with van der Waals surface area (Å²) in [6.07, 6.45) is 5.09. The summed E-state index contributed by atoms with van der Waals surface area (Å²) in [7, 11) is 0. The molecule has 1 spiro atoms. The molecule has 21 heavy (non-hydrogen) atoms. The van der Waals surface area contributed by atoms with Crippen LogP contribution in [0.5, 0.6) is 5.88 Å². The number of rotatable bonds is 4. The first-order chi connectivity index (χ1) is 10.2. The van der Waals surface area contributed by atoms with Crippen LogP contribution in [0, 0.1) is 0 Å². The summed E-state index contributed by atoms with van der Waals surface area (Å²) in [5.74, 6) is 0.900. The van der Waals surface area contributed by atoms with Crippen molar-refractivity contribution in [3.05, 3.63) is 24.4 Å². The van der Waals surface area contributed by atoms with Crippen LogP contribution in [0.15, 0.2) is 24.4 Å². The highest BCUT2D eigenvalue weighted by Gasteiger charge is 2.49. The molecule has 0 saturated carbocycles. The molecule has 3 rings (SSSR count). The maximum absolute atomic E-state index is 11.9. The van der Waals surface area contributed by atoms with Gasteiger partial charge in [0, 0.05) is 31.5 Å². The normalized spacial score (nSPS) is 23.7. The van der Waals surface area contributed by atoms with Crippen molar-refractivity contribution in [1.82, 2.24) is 9.88 Å². The van der Waals surface area contributed by atoms with Gasteiger partial charge < -0.3 is 14.4 Å². The fourth-order valence-corrected chi connectivity index (χ4v) is 3.09. The average molecular weight is 290 g/mol. The van der Waals surface area contributed by atoms with E-state index in [0.29, 0.717) is 32.0 Å². The van der Waals surface area contributed by atoms with Crippen molar-refractivity contribution in [1.29, 1.82) is 0 Å². The number of aromatic nitrogens is 1. The number of carbonyl (C=O) groups is 1. The van der Waals surface area contributed by atoms with Gasteiger partial charge in [-0.25, -0.2) is 4.98 Å². The van der Waals surface area contributed by atoms with E-state index in [9.17, 15) is 4.79 Å². The van der Waals surface area contributed by atoms with E-state index in [0.717, 1.165) is 19.3 Å². The van der Waals surface area contributed by atoms with Crippen LogP contribution in [0.1, 0.15) is 32.6 Å². The predicted molar refractivity (Wildman–Crippen MR) is 78.1 cm³/mol. The third kappa shape index (κ3) is 3.18. The van der Waals surface area contributed by atoms with Crippen LogP contribution in [0.4, 0.5) is 0 Å². The Bertz CT molecular complexity index is 486. The van der Waals surface area contributed by atoms with Crippen LogP contribution in [0.2, 0.25) is 0 Å². The Kier molecular flexibility index (Phi) is 4.10. The van der Waals surface area contributed by atoms with Crippen molar-refractivity contribution < 1.29 is 14.3 Å². The maximum Gasteiger partial charge on any atom is 0.222 e. The lowest BCUT2D eigenvalue weighted by atomic mass is 9.84. The van der Waals surface area contributed by atoms with Gasteiger partial charge in [-0.2, -0.15) is 0 Å². The van der Waals surface area contributed by atoms with Crippen LogP contribution in [0.3, 0.4) is 0 Å². The number of likely N-dealkylation sites (tertiary alicyclic amines) is 1. The minimum atomic E-state index is -0.193. The van der Waals surface area contributed by atoms with E-state index in [-0.39, 0.29) is 17.6 Å². The van der Waals surface area contributed by atoms with Crippen LogP contribution in [-0.4, -0.2) is 47.2 Å². The highest BCUT2D eigenvalue weighted by atomic mass is 16.5. The average Bonchev–Trinajstić information content (AvgIpc) is 2.46. The van der Waals surface area contributed by atoms with E-state index in [1.807, 2.05) is 30.0 Å². The van der Waals surface area contributed by atoms with E-state index in [4.69, 9.17) is 9.47 Å². The Labute approximate surface area is 125 Å². The van der Waals surface area contributed by atoms with Crippen molar-refractivity contribution in [2.24, 2.45) is 0 Å². The fourth-order valence-electron chi connectivity index (χ4n) is 3.09. The van der Waals surface area contributed by atoms with Crippen LogP contribution >= 0.6 is 0 Å². The summed E-state index contributed by atoms with van der Waals surface area (Å²) in [5.41, 5.74) is -0.193. The summed E-state index contributed by atoms with van der Waals surface area (Å²) in [5, 5.41) is 0. The molecule has 2 saturated heterocycles. The first kappa shape index (κ1) is 14.3. The second-order valence-corrected chi connectivity index (χ2v) is 5.93. The van der Waals surface area contributed by atoms with E-state index in [2.05, 4.69) is 4.98 Å². The summed E-state index contributed by atoms with van der Waals surface area (Å²) in [6, 6.07) is 5.67. The molecular weight excluding hydrogens is 268 g/mol. The Balaban J connectivity index is 1.54. The number of carbonyl (C=O) groups excluding carboxylic acids is 1. The number of pyridine rings is 1. The van der Waals surface area contributed by atoms with Gasteiger partial charge in [0.15, 0.2) is 0 Å². The van der Waals surface area contributed by atoms with Crippen molar-refractivity contribution in [3.63, 3.8) is 0 Å². The molecule has 5 nitrogen and oxygen atoms in total. The van der Waals surface area contributed by atoms with Crippen LogP contribution in [-0.2, 0) is 9.53 Å². The number of hydrogen-bond donors (Lipinski definition) is 0. The topological polar surface area (TPSA) is 51.7 Å². The van der Waals surface area contributed by atoms with Crippen molar-refractivity contribution in [2.45, 2.75) is 44.3 Å². The molecule has 0 radical (unpaired) electrons. The summed E-state index contributed by atoms with van der Waals surface area (Å²) in [6.45, 7) is 4.12. The zero-order valence-corrected chi connectivity index (χ0v) is 12.5. The van der Waals surface area contributed by atoms with E-state index in [1.165, 1.54) is 0 Å². The van der Waals surface area contributed by atoms with Gasteiger partial charge in [-0.3, -0.25) is 4.79 Å². The van der Waals surface area contributed by atoms with E-state index >= 15 is 0 Å². The summed E-state index contributed by atoms with van der Waals surface area (Å²) in [4.78, 5) is 18.0. The molecule has 1 aromatic heterocycles. The third-order valence-electron chi connectivity index (χ3n) is 4.15. The minimum Gasteiger partial charge on any atom is -0.474 e. The molecule has 2 aliphatic heterocycles. The molecule has 0 aliphatic carbocycles. The van der Waals surface area contributed by atoms with Gasteiger partial charge >= 0.3 is 0 Å². The second-order valence-electron chi connectivity index (χ2n) is 5.93. The quantitative estimate of drug-likeness (QED) is 0.851. The van der Waals surface area contributed by atoms with Gasteiger partial charge in [-0.05, 0) is 12.5 Å².